The number of hydrogen-bond donors (Lipinski definition) is 3. The smallest absolute Gasteiger partial charge is 0.330 e. The molecule has 14 heteroatoms. The van der Waals surface area contributed by atoms with Crippen LogP contribution in [0, 0.1) is 40.4 Å². The number of carbonyl (C=O) groups is 5. The summed E-state index contributed by atoms with van der Waals surface area (Å²) in [6.07, 6.45) is 9.91. The summed E-state index contributed by atoms with van der Waals surface area (Å²) in [5, 5.41) is 34.3. The molecule has 2 unspecified atom stereocenters. The molecule has 0 aromatic carbocycles. The van der Waals surface area contributed by atoms with Gasteiger partial charge in [0.25, 0.3) is 11.7 Å². The lowest BCUT2D eigenvalue weighted by Crippen LogP contribution is -2.64. The predicted octanol–water partition coefficient (Wildman–Crippen LogP) is 7.53. The van der Waals surface area contributed by atoms with Gasteiger partial charge in [0.05, 0.1) is 24.4 Å². The number of allylic oxidation sites excluding steroid dienone is 4. The molecule has 0 aromatic rings. The van der Waals surface area contributed by atoms with Gasteiger partial charge in [0.1, 0.15) is 30.1 Å². The predicted molar refractivity (Wildman–Crippen MR) is 257 cm³/mol. The van der Waals surface area contributed by atoms with Crippen molar-refractivity contribution in [2.24, 2.45) is 40.4 Å². The van der Waals surface area contributed by atoms with Crippen LogP contribution in [0.5, 0.6) is 0 Å². The molecule has 2 saturated heterocycles. The van der Waals surface area contributed by atoms with Gasteiger partial charge in [-0.3, -0.25) is 14.4 Å². The molecule has 5 aliphatic rings. The molecule has 3 N–H and O–H groups in total. The Morgan fingerprint density at radius 2 is 1.59 bits per heavy atom. The Hall–Kier alpha value is -3.27. The fourth-order valence-corrected chi connectivity index (χ4v) is 11.9. The van der Waals surface area contributed by atoms with Gasteiger partial charge in [-0.25, -0.2) is 9.59 Å². The van der Waals surface area contributed by atoms with Crippen LogP contribution in [-0.4, -0.2) is 125 Å². The number of aliphatic hydroxyl groups is 3. The molecule has 2 aliphatic carbocycles. The minimum atomic E-state index is -2.54. The Balaban J connectivity index is 1.51. The second-order valence-electron chi connectivity index (χ2n) is 22.3. The topological polar surface area (TPSA) is 195 Å². The monoisotopic (exact) mass is 956 g/mol. The van der Waals surface area contributed by atoms with E-state index in [9.17, 15) is 39.3 Å². The van der Waals surface area contributed by atoms with E-state index in [1.807, 2.05) is 39.8 Å². The molecule has 5 rings (SSSR count). The third kappa shape index (κ3) is 13.0. The Morgan fingerprint density at radius 3 is 2.22 bits per heavy atom. The first-order valence-corrected chi connectivity index (χ1v) is 25.6. The van der Waals surface area contributed by atoms with Crippen LogP contribution in [0.25, 0.3) is 0 Å². The van der Waals surface area contributed by atoms with Crippen LogP contribution in [0.3, 0.4) is 0 Å². The van der Waals surface area contributed by atoms with Gasteiger partial charge in [-0.1, -0.05) is 71.8 Å². The molecule has 384 valence electrons. The molecule has 0 spiro atoms. The summed E-state index contributed by atoms with van der Waals surface area (Å²) in [6.45, 7) is 17.8. The fourth-order valence-electron chi connectivity index (χ4n) is 11.9. The maximum atomic E-state index is 14.5. The van der Waals surface area contributed by atoms with Crippen LogP contribution in [0.4, 0.5) is 0 Å². The number of esters is 2. The van der Waals surface area contributed by atoms with E-state index in [2.05, 4.69) is 20.8 Å². The molecule has 0 radical (unpaired) electrons. The molecule has 3 aliphatic heterocycles. The van der Waals surface area contributed by atoms with Gasteiger partial charge in [-0.15, -0.1) is 0 Å². The number of carbonyl (C=O) groups excluding carboxylic acids is 5. The molecule has 14 nitrogen and oxygen atoms in total. The van der Waals surface area contributed by atoms with Gasteiger partial charge in [-0.05, 0) is 127 Å². The summed E-state index contributed by atoms with van der Waals surface area (Å²) in [4.78, 5) is 72.1. The standard InChI is InChI=1S/C54H85NO13/c1-32-26-33(2)28-44(64-10)48-45(65-11)30-35(4)54(63,68-48)49(60)50(61)55-25-13-12-17-41(55)51(62)67-47(34(3)29-38-19-21-40(56)22-20-38)36(5)42(57)31-43(58)39(27-32)16-14-18-46(59)66-37(6)53(9)24-15-23-52(53,7)8/h14,18,27,29,33,35-42,44-45,47-48,56-57,63H,12-13,15-17,19-26,28,30-31H2,1-11H3/b18-14+,32-27+,34-29+/t33-,35+,36+,37?,38-,39+,40-,41-,42-,44-,45-,47+,48+,53?,54+/m0/s1. The molecule has 1 amide bonds. The van der Waals surface area contributed by atoms with Crippen molar-refractivity contribution in [3.63, 3.8) is 0 Å². The van der Waals surface area contributed by atoms with Crippen molar-refractivity contribution in [1.82, 2.24) is 4.90 Å². The average Bonchev–Trinajstić information content (AvgIpc) is 3.58. The molecule has 4 fully saturated rings. The first-order chi connectivity index (χ1) is 32.0. The van der Waals surface area contributed by atoms with Gasteiger partial charge in [0.2, 0.25) is 5.79 Å². The number of ether oxygens (including phenoxy) is 5. The van der Waals surface area contributed by atoms with Crippen molar-refractivity contribution >= 4 is 29.4 Å². The number of nitrogens with zero attached hydrogens (tertiary/aromatic N) is 1. The number of rotatable bonds is 9. The third-order valence-electron chi connectivity index (χ3n) is 17.0. The third-order valence-corrected chi connectivity index (χ3v) is 17.0. The number of ketones is 2. The van der Waals surface area contributed by atoms with Crippen LogP contribution in [-0.2, 0) is 47.7 Å². The van der Waals surface area contributed by atoms with Crippen LogP contribution in [0.1, 0.15) is 159 Å². The van der Waals surface area contributed by atoms with E-state index in [1.165, 1.54) is 25.2 Å². The van der Waals surface area contributed by atoms with Crippen molar-refractivity contribution in [2.75, 3.05) is 20.8 Å². The Morgan fingerprint density at radius 1 is 0.926 bits per heavy atom. The van der Waals surface area contributed by atoms with Crippen molar-refractivity contribution in [2.45, 2.75) is 213 Å². The van der Waals surface area contributed by atoms with Crippen LogP contribution in [0.2, 0.25) is 0 Å². The molecular formula is C54H85NO13. The second-order valence-corrected chi connectivity index (χ2v) is 22.3. The second kappa shape index (κ2) is 23.8. The van der Waals surface area contributed by atoms with E-state index < -0.39 is 83.7 Å². The first-order valence-electron chi connectivity index (χ1n) is 25.6. The average molecular weight is 956 g/mol. The van der Waals surface area contributed by atoms with E-state index in [-0.39, 0.29) is 72.9 Å². The van der Waals surface area contributed by atoms with E-state index >= 15 is 0 Å². The number of fused-ring (bicyclic) bond motifs is 3. The van der Waals surface area contributed by atoms with Crippen molar-refractivity contribution in [1.29, 1.82) is 0 Å². The van der Waals surface area contributed by atoms with E-state index in [4.69, 9.17) is 23.7 Å². The highest BCUT2D eigenvalue weighted by Gasteiger charge is 2.57. The highest BCUT2D eigenvalue weighted by atomic mass is 16.7. The van der Waals surface area contributed by atoms with Gasteiger partial charge in [-0.2, -0.15) is 0 Å². The fraction of sp³-hybridized carbons (Fsp3) is 0.796. The molecule has 0 aromatic heterocycles. The Kier molecular flexibility index (Phi) is 19.4. The Labute approximate surface area is 406 Å². The zero-order valence-corrected chi connectivity index (χ0v) is 43.0. The number of piperidine rings is 1. The SMILES string of the molecule is CO[C@H]1C[C@@H](C)C/C(C)=C/[C@@H](C/C=C/C(=O)OC(C)C2(C)CCCC2(C)C)C(=O)C[C@H](O)[C@@H](C)[C@@H](/C(C)=C/[C@H]2CC[C@H](O)CC2)OC(=O)[C@@H]2CCCCN2C(=O)C(=O)[C@]2(O)O[C@H]1[C@@H](OC)C[C@H]2C. The number of cyclic esters (lactones) is 1. The number of aliphatic hydroxyl groups excluding tert-OH is 2. The first kappa shape index (κ1) is 55.7. The van der Waals surface area contributed by atoms with Gasteiger partial charge < -0.3 is 43.9 Å². The van der Waals surface area contributed by atoms with Gasteiger partial charge in [0.15, 0.2) is 0 Å². The van der Waals surface area contributed by atoms with Crippen molar-refractivity contribution in [3.05, 3.63) is 35.5 Å². The van der Waals surface area contributed by atoms with Gasteiger partial charge in [0, 0.05) is 56.4 Å². The minimum Gasteiger partial charge on any atom is -0.459 e. The number of Topliss-reactive ketones (excluding diaryl/α,β-unsaturated/α-hetero) is 2. The van der Waals surface area contributed by atoms with Crippen LogP contribution < -0.4 is 0 Å². The molecule has 2 bridgehead atoms. The summed E-state index contributed by atoms with van der Waals surface area (Å²) in [5.41, 5.74) is 1.39. The highest BCUT2D eigenvalue weighted by molar-refractivity contribution is 6.39. The largest absolute Gasteiger partial charge is 0.459 e. The molecule has 2 saturated carbocycles. The van der Waals surface area contributed by atoms with Crippen molar-refractivity contribution < 1.29 is 63.0 Å². The van der Waals surface area contributed by atoms with E-state index in [0.29, 0.717) is 44.1 Å². The summed E-state index contributed by atoms with van der Waals surface area (Å²) in [5.74, 6) is -8.61. The summed E-state index contributed by atoms with van der Waals surface area (Å²) >= 11 is 0. The number of methoxy groups -OCH3 is 2. The zero-order valence-electron chi connectivity index (χ0n) is 43.0. The quantitative estimate of drug-likeness (QED) is 0.0889. The maximum Gasteiger partial charge on any atom is 0.330 e. The highest BCUT2D eigenvalue weighted by Crippen LogP contribution is 2.55. The van der Waals surface area contributed by atoms with Gasteiger partial charge >= 0.3 is 11.9 Å². The lowest BCUT2D eigenvalue weighted by molar-refractivity contribution is -0.302. The molecular weight excluding hydrogens is 871 g/mol. The summed E-state index contributed by atoms with van der Waals surface area (Å²) in [7, 11) is 3.04. The summed E-state index contributed by atoms with van der Waals surface area (Å²) < 4.78 is 30.4. The zero-order chi connectivity index (χ0) is 50.3. The van der Waals surface area contributed by atoms with Crippen LogP contribution >= 0.6 is 0 Å². The van der Waals surface area contributed by atoms with E-state index in [1.54, 1.807) is 19.9 Å². The molecule has 68 heavy (non-hydrogen) atoms. The molecule has 3 heterocycles. The maximum absolute atomic E-state index is 14.5. The molecule has 13 atom stereocenters. The van der Waals surface area contributed by atoms with Crippen molar-refractivity contribution in [3.8, 4) is 0 Å². The summed E-state index contributed by atoms with van der Waals surface area (Å²) in [6, 6.07) is -1.16. The normalized spacial score (nSPS) is 39.9. The number of amides is 1. The van der Waals surface area contributed by atoms with Crippen LogP contribution in [0.15, 0.2) is 35.5 Å². The Bertz CT molecular complexity index is 1870. The lowest BCUT2D eigenvalue weighted by atomic mass is 9.66. The number of hydrogen-bond acceptors (Lipinski definition) is 13. The minimum absolute atomic E-state index is 0.0136. The van der Waals surface area contributed by atoms with E-state index in [0.717, 1.165) is 37.7 Å². The lowest BCUT2D eigenvalue weighted by Gasteiger charge is -2.47.